The minimum atomic E-state index is -0.565. The fourth-order valence-corrected chi connectivity index (χ4v) is 3.08. The maximum absolute atomic E-state index is 13.6. The van der Waals surface area contributed by atoms with Gasteiger partial charge in [-0.25, -0.2) is 8.78 Å². The Bertz CT molecular complexity index is 619. The molecule has 0 atom stereocenters. The van der Waals surface area contributed by atoms with Crippen LogP contribution in [0.2, 0.25) is 0 Å². The van der Waals surface area contributed by atoms with Gasteiger partial charge in [0.1, 0.15) is 11.6 Å². The Hall–Kier alpha value is -1.45. The predicted molar refractivity (Wildman–Crippen MR) is 110 cm³/mol. The molecule has 1 aromatic rings. The first-order chi connectivity index (χ1) is 12.0. The second-order valence-electron chi connectivity index (χ2n) is 6.27. The fraction of sp³-hybridized carbons (Fsp3) is 0.556. The first-order valence-corrected chi connectivity index (χ1v) is 8.63. The van der Waals surface area contributed by atoms with Gasteiger partial charge in [0.05, 0.1) is 0 Å². The molecule has 0 bridgehead atoms. The Labute approximate surface area is 170 Å². The standard InChI is InChI=1S/C18H26F2N4O.HI/c1-21-17(25)11-13-6-9-24(10-7-13)18(22-2)23-8-5-14-3-4-15(19)12-16(14)20;/h3-4,12-13H,5-11H2,1-2H3,(H,21,25)(H,22,23);1H. The zero-order valence-electron chi connectivity index (χ0n) is 15.2. The number of benzene rings is 1. The molecular weight excluding hydrogens is 453 g/mol. The average Bonchev–Trinajstić information content (AvgIpc) is 2.61. The third kappa shape index (κ3) is 6.69. The molecule has 2 N–H and O–H groups in total. The van der Waals surface area contributed by atoms with Crippen molar-refractivity contribution < 1.29 is 13.6 Å². The summed E-state index contributed by atoms with van der Waals surface area (Å²) in [7, 11) is 3.38. The number of hydrogen-bond donors (Lipinski definition) is 2. The summed E-state index contributed by atoms with van der Waals surface area (Å²) < 4.78 is 26.6. The maximum Gasteiger partial charge on any atom is 0.220 e. The molecule has 0 unspecified atom stereocenters. The molecule has 1 aliphatic rings. The highest BCUT2D eigenvalue weighted by molar-refractivity contribution is 14.0. The number of piperidine rings is 1. The van der Waals surface area contributed by atoms with Crippen molar-refractivity contribution >= 4 is 35.8 Å². The molecule has 8 heteroatoms. The lowest BCUT2D eigenvalue weighted by Crippen LogP contribution is -2.46. The van der Waals surface area contributed by atoms with Crippen molar-refractivity contribution in [2.45, 2.75) is 25.7 Å². The lowest BCUT2D eigenvalue weighted by molar-refractivity contribution is -0.121. The van der Waals surface area contributed by atoms with Crippen LogP contribution in [0.5, 0.6) is 0 Å². The second-order valence-corrected chi connectivity index (χ2v) is 6.27. The van der Waals surface area contributed by atoms with Gasteiger partial charge in [0.25, 0.3) is 0 Å². The first-order valence-electron chi connectivity index (χ1n) is 8.63. The van der Waals surface area contributed by atoms with E-state index in [1.54, 1.807) is 14.1 Å². The number of rotatable bonds is 5. The highest BCUT2D eigenvalue weighted by atomic mass is 127. The summed E-state index contributed by atoms with van der Waals surface area (Å²) in [6.45, 7) is 2.20. The Balaban J connectivity index is 0.00000338. The van der Waals surface area contributed by atoms with Gasteiger partial charge in [0.2, 0.25) is 5.91 Å². The van der Waals surface area contributed by atoms with Crippen LogP contribution in [0.4, 0.5) is 8.78 Å². The topological polar surface area (TPSA) is 56.7 Å². The third-order valence-electron chi connectivity index (χ3n) is 4.57. The minimum absolute atomic E-state index is 0. The van der Waals surface area contributed by atoms with E-state index in [4.69, 9.17) is 0 Å². The Morgan fingerprint density at radius 2 is 2.00 bits per heavy atom. The van der Waals surface area contributed by atoms with E-state index in [2.05, 4.69) is 20.5 Å². The van der Waals surface area contributed by atoms with Crippen LogP contribution in [0, 0.1) is 17.6 Å². The number of likely N-dealkylation sites (tertiary alicyclic amines) is 1. The van der Waals surface area contributed by atoms with Crippen LogP contribution in [0.25, 0.3) is 0 Å². The fourth-order valence-electron chi connectivity index (χ4n) is 3.08. The number of nitrogens with one attached hydrogen (secondary N) is 2. The summed E-state index contributed by atoms with van der Waals surface area (Å²) in [4.78, 5) is 17.9. The quantitative estimate of drug-likeness (QED) is 0.387. The third-order valence-corrected chi connectivity index (χ3v) is 4.57. The smallest absolute Gasteiger partial charge is 0.220 e. The van der Waals surface area contributed by atoms with E-state index < -0.39 is 11.6 Å². The van der Waals surface area contributed by atoms with Gasteiger partial charge in [-0.1, -0.05) is 6.07 Å². The number of amides is 1. The molecule has 0 saturated carbocycles. The van der Waals surface area contributed by atoms with Crippen molar-refractivity contribution in [1.82, 2.24) is 15.5 Å². The van der Waals surface area contributed by atoms with Crippen LogP contribution in [-0.4, -0.2) is 50.5 Å². The molecule has 1 saturated heterocycles. The molecule has 2 rings (SSSR count). The number of carbonyl (C=O) groups excluding carboxylic acids is 1. The first kappa shape index (κ1) is 22.6. The van der Waals surface area contributed by atoms with Crippen molar-refractivity contribution in [1.29, 1.82) is 0 Å². The van der Waals surface area contributed by atoms with E-state index in [9.17, 15) is 13.6 Å². The van der Waals surface area contributed by atoms with Crippen molar-refractivity contribution in [2.75, 3.05) is 33.7 Å². The Morgan fingerprint density at radius 1 is 1.31 bits per heavy atom. The number of nitrogens with zero attached hydrogens (tertiary/aromatic N) is 2. The molecule has 26 heavy (non-hydrogen) atoms. The zero-order chi connectivity index (χ0) is 18.2. The van der Waals surface area contributed by atoms with Crippen LogP contribution in [0.1, 0.15) is 24.8 Å². The van der Waals surface area contributed by atoms with Gasteiger partial charge in [-0.2, -0.15) is 0 Å². The molecule has 0 spiro atoms. The summed E-state index contributed by atoms with van der Waals surface area (Å²) in [5.41, 5.74) is 0.480. The number of guanidine groups is 1. The summed E-state index contributed by atoms with van der Waals surface area (Å²) in [5, 5.41) is 5.90. The molecule has 146 valence electrons. The molecule has 0 radical (unpaired) electrons. The molecule has 0 aromatic heterocycles. The predicted octanol–water partition coefficient (Wildman–Crippen LogP) is 2.55. The van der Waals surface area contributed by atoms with E-state index in [1.807, 2.05) is 0 Å². The highest BCUT2D eigenvalue weighted by Crippen LogP contribution is 2.20. The van der Waals surface area contributed by atoms with Gasteiger partial charge in [-0.3, -0.25) is 9.79 Å². The number of aliphatic imine (C=N–C) groups is 1. The van der Waals surface area contributed by atoms with Crippen LogP contribution in [0.3, 0.4) is 0 Å². The SMILES string of the molecule is CN=C(NCCc1ccc(F)cc1F)N1CCC(CC(=O)NC)CC1.I. The molecule has 1 aliphatic heterocycles. The van der Waals surface area contributed by atoms with E-state index >= 15 is 0 Å². The normalized spacial score (nSPS) is 15.4. The Kier molecular flexibility index (Phi) is 9.82. The summed E-state index contributed by atoms with van der Waals surface area (Å²) in [6, 6.07) is 3.64. The molecule has 1 heterocycles. The minimum Gasteiger partial charge on any atom is -0.359 e. The number of carbonyl (C=O) groups is 1. The van der Waals surface area contributed by atoms with Crippen LogP contribution in [-0.2, 0) is 11.2 Å². The molecule has 1 aromatic carbocycles. The van der Waals surface area contributed by atoms with Gasteiger partial charge in [0.15, 0.2) is 5.96 Å². The van der Waals surface area contributed by atoms with Crippen molar-refractivity contribution in [3.05, 3.63) is 35.4 Å². The van der Waals surface area contributed by atoms with Crippen LogP contribution < -0.4 is 10.6 Å². The van der Waals surface area contributed by atoms with Gasteiger partial charge >= 0.3 is 0 Å². The maximum atomic E-state index is 13.6. The van der Waals surface area contributed by atoms with Gasteiger partial charge in [-0.15, -0.1) is 24.0 Å². The van der Waals surface area contributed by atoms with Crippen molar-refractivity contribution in [3.8, 4) is 0 Å². The zero-order valence-corrected chi connectivity index (χ0v) is 17.6. The van der Waals surface area contributed by atoms with Crippen molar-refractivity contribution in [3.63, 3.8) is 0 Å². The summed E-state index contributed by atoms with van der Waals surface area (Å²) >= 11 is 0. The van der Waals surface area contributed by atoms with E-state index in [-0.39, 0.29) is 29.9 Å². The molecule has 1 fully saturated rings. The molecular formula is C18H27F2IN4O. The lowest BCUT2D eigenvalue weighted by Gasteiger charge is -2.34. The van der Waals surface area contributed by atoms with E-state index in [1.165, 1.54) is 12.1 Å². The van der Waals surface area contributed by atoms with E-state index in [0.717, 1.165) is 38.0 Å². The molecule has 0 aliphatic carbocycles. The van der Waals surface area contributed by atoms with Gasteiger partial charge in [-0.05, 0) is 36.8 Å². The largest absolute Gasteiger partial charge is 0.359 e. The molecule has 5 nitrogen and oxygen atoms in total. The van der Waals surface area contributed by atoms with Gasteiger partial charge in [0, 0.05) is 46.2 Å². The monoisotopic (exact) mass is 480 g/mol. The number of halogens is 3. The lowest BCUT2D eigenvalue weighted by atomic mass is 9.93. The average molecular weight is 480 g/mol. The summed E-state index contributed by atoms with van der Waals surface area (Å²) in [6.07, 6.45) is 2.92. The Morgan fingerprint density at radius 3 is 2.58 bits per heavy atom. The van der Waals surface area contributed by atoms with Crippen LogP contribution >= 0.6 is 24.0 Å². The second kappa shape index (κ2) is 11.3. The molecule has 1 amide bonds. The van der Waals surface area contributed by atoms with Crippen LogP contribution in [0.15, 0.2) is 23.2 Å². The van der Waals surface area contributed by atoms with Gasteiger partial charge < -0.3 is 15.5 Å². The van der Waals surface area contributed by atoms with E-state index in [0.29, 0.717) is 30.9 Å². The number of hydrogen-bond acceptors (Lipinski definition) is 2. The van der Waals surface area contributed by atoms with Crippen molar-refractivity contribution in [2.24, 2.45) is 10.9 Å². The summed E-state index contributed by atoms with van der Waals surface area (Å²) in [5.74, 6) is 0.183. The highest BCUT2D eigenvalue weighted by Gasteiger charge is 2.22.